The molecule has 1 aromatic rings. The summed E-state index contributed by atoms with van der Waals surface area (Å²) in [4.78, 5) is 0. The smallest absolute Gasteiger partial charge is 0.0587 e. The van der Waals surface area contributed by atoms with E-state index in [1.165, 1.54) is 22.3 Å². The van der Waals surface area contributed by atoms with Crippen molar-refractivity contribution in [3.63, 3.8) is 0 Å². The predicted molar refractivity (Wildman–Crippen MR) is 78.9 cm³/mol. The lowest BCUT2D eigenvalue weighted by Gasteiger charge is -2.09. The molecule has 0 aliphatic rings. The van der Waals surface area contributed by atoms with Gasteiger partial charge in [0.2, 0.25) is 0 Å². The van der Waals surface area contributed by atoms with Crippen LogP contribution in [-0.2, 0) is 4.74 Å². The Morgan fingerprint density at radius 1 is 1.33 bits per heavy atom. The molecule has 2 heteroatoms. The highest BCUT2D eigenvalue weighted by atomic mass is 16.5. The summed E-state index contributed by atoms with van der Waals surface area (Å²) in [7, 11) is 1.73. The molecule has 0 aliphatic heterocycles. The van der Waals surface area contributed by atoms with E-state index in [0.717, 1.165) is 26.1 Å². The van der Waals surface area contributed by atoms with Crippen LogP contribution in [0.2, 0.25) is 0 Å². The van der Waals surface area contributed by atoms with Gasteiger partial charge in [0.25, 0.3) is 0 Å². The van der Waals surface area contributed by atoms with E-state index in [0.29, 0.717) is 0 Å². The zero-order valence-corrected chi connectivity index (χ0v) is 12.0. The van der Waals surface area contributed by atoms with Crippen molar-refractivity contribution < 1.29 is 4.74 Å². The minimum absolute atomic E-state index is 0.764. The van der Waals surface area contributed by atoms with Gasteiger partial charge < -0.3 is 10.1 Å². The molecule has 1 N–H and O–H groups in total. The highest BCUT2D eigenvalue weighted by molar-refractivity contribution is 5.57. The number of rotatable bonds is 7. The lowest BCUT2D eigenvalue weighted by molar-refractivity contribution is 0.200. The van der Waals surface area contributed by atoms with Gasteiger partial charge in [0, 0.05) is 20.2 Å². The van der Waals surface area contributed by atoms with Crippen molar-refractivity contribution in [3.05, 3.63) is 40.5 Å². The van der Waals surface area contributed by atoms with Crippen molar-refractivity contribution >= 4 is 6.08 Å². The van der Waals surface area contributed by atoms with E-state index in [9.17, 15) is 0 Å². The highest BCUT2D eigenvalue weighted by Gasteiger charge is 1.99. The lowest BCUT2D eigenvalue weighted by Crippen LogP contribution is -2.21. The summed E-state index contributed by atoms with van der Waals surface area (Å²) in [5.74, 6) is 0. The van der Waals surface area contributed by atoms with Gasteiger partial charge in [0.15, 0.2) is 0 Å². The van der Waals surface area contributed by atoms with Crippen LogP contribution in [0.1, 0.15) is 30.0 Å². The fourth-order valence-electron chi connectivity index (χ4n) is 1.91. The zero-order chi connectivity index (χ0) is 13.4. The maximum absolute atomic E-state index is 5.03. The van der Waals surface area contributed by atoms with Gasteiger partial charge in [-0.15, -0.1) is 0 Å². The van der Waals surface area contributed by atoms with Gasteiger partial charge in [-0.25, -0.2) is 0 Å². The topological polar surface area (TPSA) is 21.3 Å². The molecule has 0 bridgehead atoms. The van der Waals surface area contributed by atoms with E-state index < -0.39 is 0 Å². The van der Waals surface area contributed by atoms with E-state index in [2.05, 4.69) is 50.4 Å². The van der Waals surface area contributed by atoms with Crippen LogP contribution >= 0.6 is 0 Å². The largest absolute Gasteiger partial charge is 0.383 e. The number of benzene rings is 1. The second kappa shape index (κ2) is 8.06. The summed E-state index contributed by atoms with van der Waals surface area (Å²) in [6.07, 6.45) is 3.38. The predicted octanol–water partition coefficient (Wildman–Crippen LogP) is 3.33. The third-order valence-corrected chi connectivity index (χ3v) is 3.07. The van der Waals surface area contributed by atoms with Crippen molar-refractivity contribution in [1.82, 2.24) is 5.32 Å². The van der Waals surface area contributed by atoms with Crippen molar-refractivity contribution in [2.45, 2.75) is 27.2 Å². The Labute approximate surface area is 111 Å². The molecule has 18 heavy (non-hydrogen) atoms. The van der Waals surface area contributed by atoms with Gasteiger partial charge in [0.1, 0.15) is 0 Å². The first-order valence-corrected chi connectivity index (χ1v) is 6.63. The summed E-state index contributed by atoms with van der Waals surface area (Å²) in [5, 5.41) is 3.40. The first-order chi connectivity index (χ1) is 8.67. The number of methoxy groups -OCH3 is 1. The first-order valence-electron chi connectivity index (χ1n) is 6.63. The number of hydrogen-bond donors (Lipinski definition) is 1. The van der Waals surface area contributed by atoms with Gasteiger partial charge in [0.05, 0.1) is 6.61 Å². The second-order valence-corrected chi connectivity index (χ2v) is 4.69. The van der Waals surface area contributed by atoms with E-state index in [4.69, 9.17) is 4.74 Å². The van der Waals surface area contributed by atoms with Crippen LogP contribution in [0, 0.1) is 13.8 Å². The third-order valence-electron chi connectivity index (χ3n) is 3.07. The lowest BCUT2D eigenvalue weighted by atomic mass is 10.0. The molecule has 0 aromatic heterocycles. The van der Waals surface area contributed by atoms with Gasteiger partial charge in [-0.05, 0) is 31.4 Å². The molecule has 100 valence electrons. The molecule has 0 unspecified atom stereocenters. The fraction of sp³-hybridized carbons (Fsp3) is 0.500. The summed E-state index contributed by atoms with van der Waals surface area (Å²) in [6.45, 7) is 9.11. The van der Waals surface area contributed by atoms with Gasteiger partial charge in [-0.2, -0.15) is 0 Å². The van der Waals surface area contributed by atoms with Crippen molar-refractivity contribution in [2.24, 2.45) is 0 Å². The Bertz CT molecular complexity index is 396. The second-order valence-electron chi connectivity index (χ2n) is 4.69. The molecule has 0 fully saturated rings. The zero-order valence-electron chi connectivity index (χ0n) is 12.0. The minimum atomic E-state index is 0.764. The Kier molecular flexibility index (Phi) is 6.69. The molecule has 0 amide bonds. The summed E-state index contributed by atoms with van der Waals surface area (Å²) in [5.41, 5.74) is 5.42. The number of ether oxygens (including phenoxy) is 1. The average molecular weight is 247 g/mol. The Balaban J connectivity index is 2.65. The van der Waals surface area contributed by atoms with E-state index in [-0.39, 0.29) is 0 Å². The van der Waals surface area contributed by atoms with Crippen LogP contribution in [0.15, 0.2) is 23.8 Å². The molecule has 0 atom stereocenters. The molecule has 0 spiro atoms. The number of aryl methyl sites for hydroxylation is 2. The third kappa shape index (κ3) is 5.03. The molecular weight excluding hydrogens is 222 g/mol. The molecule has 2 nitrogen and oxygen atoms in total. The fourth-order valence-corrected chi connectivity index (χ4v) is 1.91. The van der Waals surface area contributed by atoms with Crippen LogP contribution in [0.3, 0.4) is 0 Å². The Hall–Kier alpha value is -1.12. The molecule has 0 aliphatic carbocycles. The van der Waals surface area contributed by atoms with Crippen LogP contribution in [0.25, 0.3) is 6.08 Å². The molecule has 0 saturated carbocycles. The highest BCUT2D eigenvalue weighted by Crippen LogP contribution is 2.15. The number of nitrogens with one attached hydrogen (secondary N) is 1. The normalized spacial score (nSPS) is 11.9. The van der Waals surface area contributed by atoms with Gasteiger partial charge in [-0.1, -0.05) is 42.3 Å². The summed E-state index contributed by atoms with van der Waals surface area (Å²) in [6, 6.07) is 6.61. The molecule has 1 aromatic carbocycles. The monoisotopic (exact) mass is 247 g/mol. The van der Waals surface area contributed by atoms with E-state index >= 15 is 0 Å². The standard InChI is InChI=1S/C16H25NO/c1-5-15(12-17-8-9-18-4)11-16-7-6-13(2)10-14(16)3/h6-7,10-11,17H,5,8-9,12H2,1-4H3. The quantitative estimate of drug-likeness (QED) is 0.746. The van der Waals surface area contributed by atoms with Crippen molar-refractivity contribution in [1.29, 1.82) is 0 Å². The maximum Gasteiger partial charge on any atom is 0.0587 e. The molecule has 0 saturated heterocycles. The maximum atomic E-state index is 5.03. The van der Waals surface area contributed by atoms with Gasteiger partial charge in [-0.3, -0.25) is 0 Å². The van der Waals surface area contributed by atoms with E-state index in [1.807, 2.05) is 0 Å². The molecule has 1 rings (SSSR count). The van der Waals surface area contributed by atoms with E-state index in [1.54, 1.807) is 7.11 Å². The molecule has 0 radical (unpaired) electrons. The van der Waals surface area contributed by atoms with Crippen LogP contribution in [0.4, 0.5) is 0 Å². The average Bonchev–Trinajstić information content (AvgIpc) is 2.35. The van der Waals surface area contributed by atoms with Crippen molar-refractivity contribution in [3.8, 4) is 0 Å². The first kappa shape index (κ1) is 14.9. The van der Waals surface area contributed by atoms with Gasteiger partial charge >= 0.3 is 0 Å². The summed E-state index contributed by atoms with van der Waals surface area (Å²) < 4.78 is 5.03. The summed E-state index contributed by atoms with van der Waals surface area (Å²) >= 11 is 0. The van der Waals surface area contributed by atoms with Crippen LogP contribution in [0.5, 0.6) is 0 Å². The molecule has 0 heterocycles. The number of hydrogen-bond acceptors (Lipinski definition) is 2. The van der Waals surface area contributed by atoms with Crippen LogP contribution in [-0.4, -0.2) is 26.8 Å². The van der Waals surface area contributed by atoms with Crippen LogP contribution < -0.4 is 5.32 Å². The Morgan fingerprint density at radius 2 is 2.11 bits per heavy atom. The molecular formula is C16H25NO. The Morgan fingerprint density at radius 3 is 2.72 bits per heavy atom. The van der Waals surface area contributed by atoms with Crippen molar-refractivity contribution in [2.75, 3.05) is 26.8 Å². The SMILES string of the molecule is CCC(=Cc1ccc(C)cc1C)CNCCOC. The minimum Gasteiger partial charge on any atom is -0.383 e.